The minimum Gasteiger partial charge on any atom is -0.711 e. The second kappa shape index (κ2) is 8.90. The summed E-state index contributed by atoms with van der Waals surface area (Å²) < 4.78 is 16.6. The number of aryl methyl sites for hydroxylation is 2. The summed E-state index contributed by atoms with van der Waals surface area (Å²) in [6, 6.07) is 14.8. The molecule has 1 aliphatic heterocycles. The van der Waals surface area contributed by atoms with Gasteiger partial charge in [0.2, 0.25) is 0 Å². The molecular weight excluding hydrogens is 488 g/mol. The first-order chi connectivity index (χ1) is 17.9. The van der Waals surface area contributed by atoms with Crippen molar-refractivity contribution in [2.75, 3.05) is 0 Å². The van der Waals surface area contributed by atoms with Crippen LogP contribution in [0.1, 0.15) is 48.1 Å². The van der Waals surface area contributed by atoms with Crippen LogP contribution in [0.5, 0.6) is 0 Å². The Hall–Kier alpha value is -4.34. The number of hydrogen-bond acceptors (Lipinski definition) is 6. The lowest BCUT2D eigenvalue weighted by molar-refractivity contribution is -0.621. The molecule has 38 heavy (non-hydrogen) atoms. The molecule has 0 spiro atoms. The number of carbonyl (C=O) groups is 2. The maximum Gasteiger partial charge on any atom is 0.328 e. The highest BCUT2D eigenvalue weighted by Crippen LogP contribution is 2.39. The zero-order valence-electron chi connectivity index (χ0n) is 22.2. The fourth-order valence-electron chi connectivity index (χ4n) is 5.26. The Bertz CT molecular complexity index is 1620. The predicted molar refractivity (Wildman–Crippen MR) is 138 cm³/mol. The summed E-state index contributed by atoms with van der Waals surface area (Å²) in [5, 5.41) is 13.7. The molecule has 1 fully saturated rings. The SMILES string of the molecule is Cc1c(C)[n+]([O-])c([C@H](c2ccc3c(c2)n(C)c(=O)n3C)C2C(=O)OC(C)(C)OC2=O)n1Cc1ccccc1. The summed E-state index contributed by atoms with van der Waals surface area (Å²) in [5.74, 6) is -5.23. The van der Waals surface area contributed by atoms with Crippen molar-refractivity contribution in [3.8, 4) is 0 Å². The van der Waals surface area contributed by atoms with Crippen molar-refractivity contribution in [3.63, 3.8) is 0 Å². The van der Waals surface area contributed by atoms with E-state index in [0.717, 1.165) is 10.3 Å². The van der Waals surface area contributed by atoms with Crippen molar-refractivity contribution >= 4 is 23.0 Å². The number of fused-ring (bicyclic) bond motifs is 1. The first-order valence-electron chi connectivity index (χ1n) is 12.4. The van der Waals surface area contributed by atoms with Gasteiger partial charge < -0.3 is 14.7 Å². The summed E-state index contributed by atoms with van der Waals surface area (Å²) >= 11 is 0. The third kappa shape index (κ3) is 3.96. The van der Waals surface area contributed by atoms with Crippen LogP contribution in [0.15, 0.2) is 53.3 Å². The molecule has 10 nitrogen and oxygen atoms in total. The highest BCUT2D eigenvalue weighted by Gasteiger charge is 2.52. The van der Waals surface area contributed by atoms with Crippen LogP contribution in [0.2, 0.25) is 0 Å². The van der Waals surface area contributed by atoms with E-state index in [1.165, 1.54) is 23.0 Å². The Morgan fingerprint density at radius 1 is 0.947 bits per heavy atom. The van der Waals surface area contributed by atoms with Crippen molar-refractivity contribution < 1.29 is 23.8 Å². The second-order valence-corrected chi connectivity index (χ2v) is 10.2. The van der Waals surface area contributed by atoms with Gasteiger partial charge in [0.1, 0.15) is 23.9 Å². The van der Waals surface area contributed by atoms with Gasteiger partial charge in [-0.3, -0.25) is 18.7 Å². The smallest absolute Gasteiger partial charge is 0.328 e. The molecule has 5 rings (SSSR count). The number of imidazole rings is 2. The van der Waals surface area contributed by atoms with Crippen LogP contribution < -0.4 is 10.4 Å². The van der Waals surface area contributed by atoms with E-state index in [9.17, 15) is 19.6 Å². The monoisotopic (exact) mass is 518 g/mol. The topological polar surface area (TPSA) is 111 Å². The maximum absolute atomic E-state index is 13.7. The molecule has 2 aromatic carbocycles. The van der Waals surface area contributed by atoms with Crippen LogP contribution >= 0.6 is 0 Å². The van der Waals surface area contributed by atoms with Gasteiger partial charge in [0.05, 0.1) is 11.0 Å². The molecule has 0 saturated carbocycles. The highest BCUT2D eigenvalue weighted by atomic mass is 16.7. The average Bonchev–Trinajstić information content (AvgIpc) is 3.20. The third-order valence-corrected chi connectivity index (χ3v) is 7.37. The molecule has 4 aromatic rings. The van der Waals surface area contributed by atoms with Crippen LogP contribution in [0.3, 0.4) is 0 Å². The van der Waals surface area contributed by atoms with Crippen molar-refractivity contribution in [1.29, 1.82) is 0 Å². The van der Waals surface area contributed by atoms with Gasteiger partial charge in [0.15, 0.2) is 5.92 Å². The number of hydrogen-bond donors (Lipinski definition) is 0. The fraction of sp³-hybridized carbons (Fsp3) is 0.357. The van der Waals surface area contributed by atoms with Crippen LogP contribution in [-0.4, -0.2) is 31.4 Å². The van der Waals surface area contributed by atoms with E-state index in [1.807, 2.05) is 41.8 Å². The van der Waals surface area contributed by atoms with Gasteiger partial charge in [-0.25, -0.2) is 14.1 Å². The molecule has 198 valence electrons. The van der Waals surface area contributed by atoms with Gasteiger partial charge in [-0.2, -0.15) is 0 Å². The summed E-state index contributed by atoms with van der Waals surface area (Å²) in [5.41, 5.74) is 3.67. The number of carbonyl (C=O) groups excluding carboxylic acids is 2. The first-order valence-corrected chi connectivity index (χ1v) is 12.4. The van der Waals surface area contributed by atoms with Crippen molar-refractivity contribution in [2.45, 2.75) is 45.9 Å². The standard InChI is InChI=1S/C28H30N4O6/c1-16-17(2)32(36)24(31(16)15-18-10-8-7-9-11-18)22(23-25(33)37-28(3,4)38-26(23)34)19-12-13-20-21(14-19)30(6)27(35)29(20)5/h7-14,22-23H,15H2,1-6H3/t22-/m1/s1. The lowest BCUT2D eigenvalue weighted by Crippen LogP contribution is -2.50. The molecular formula is C28H30N4O6. The molecule has 10 heteroatoms. The van der Waals surface area contributed by atoms with Gasteiger partial charge >= 0.3 is 17.6 Å². The number of benzene rings is 2. The third-order valence-electron chi connectivity index (χ3n) is 7.37. The normalized spacial score (nSPS) is 16.5. The number of esters is 2. The molecule has 0 unspecified atom stereocenters. The van der Waals surface area contributed by atoms with Crippen LogP contribution in [0.4, 0.5) is 0 Å². The summed E-state index contributed by atoms with van der Waals surface area (Å²) in [4.78, 5) is 39.3. The van der Waals surface area contributed by atoms with E-state index in [1.54, 1.807) is 39.2 Å². The van der Waals surface area contributed by atoms with Crippen molar-refractivity contribution in [2.24, 2.45) is 20.0 Å². The molecule has 0 radical (unpaired) electrons. The van der Waals surface area contributed by atoms with Crippen LogP contribution in [-0.2, 0) is 39.7 Å². The van der Waals surface area contributed by atoms with Gasteiger partial charge in [-0.05, 0) is 23.3 Å². The minimum absolute atomic E-state index is 0.211. The van der Waals surface area contributed by atoms with Gasteiger partial charge in [-0.1, -0.05) is 36.4 Å². The molecule has 0 amide bonds. The van der Waals surface area contributed by atoms with E-state index in [-0.39, 0.29) is 11.5 Å². The molecule has 1 atom stereocenters. The Morgan fingerprint density at radius 3 is 2.18 bits per heavy atom. The van der Waals surface area contributed by atoms with Crippen molar-refractivity contribution in [3.05, 3.63) is 92.6 Å². The van der Waals surface area contributed by atoms with Crippen molar-refractivity contribution in [1.82, 2.24) is 13.7 Å². The van der Waals surface area contributed by atoms with Crippen LogP contribution in [0, 0.1) is 25.0 Å². The molecule has 2 aromatic heterocycles. The van der Waals surface area contributed by atoms with E-state index in [4.69, 9.17) is 9.47 Å². The lowest BCUT2D eigenvalue weighted by Gasteiger charge is -2.35. The molecule has 0 aliphatic carbocycles. The maximum atomic E-state index is 13.7. The number of cyclic esters (lactones) is 2. The van der Waals surface area contributed by atoms with E-state index in [0.29, 0.717) is 34.5 Å². The second-order valence-electron chi connectivity index (χ2n) is 10.2. The number of nitrogens with zero attached hydrogens (tertiary/aromatic N) is 4. The largest absolute Gasteiger partial charge is 0.711 e. The van der Waals surface area contributed by atoms with E-state index < -0.39 is 29.6 Å². The van der Waals surface area contributed by atoms with E-state index in [2.05, 4.69) is 0 Å². The average molecular weight is 519 g/mol. The summed E-state index contributed by atoms with van der Waals surface area (Å²) in [6.07, 6.45) is 0. The first kappa shape index (κ1) is 25.3. The van der Waals surface area contributed by atoms with Gasteiger partial charge in [0, 0.05) is 41.8 Å². The molecule has 1 saturated heterocycles. The zero-order chi connectivity index (χ0) is 27.5. The molecule has 0 N–H and O–H groups in total. The highest BCUT2D eigenvalue weighted by molar-refractivity contribution is 5.98. The lowest BCUT2D eigenvalue weighted by atomic mass is 9.84. The Morgan fingerprint density at radius 2 is 1.55 bits per heavy atom. The van der Waals surface area contributed by atoms with Gasteiger partial charge in [0.25, 0.3) is 11.6 Å². The minimum atomic E-state index is -1.43. The Labute approximate surface area is 219 Å². The van der Waals surface area contributed by atoms with Crippen LogP contribution in [0.25, 0.3) is 11.0 Å². The number of ether oxygens (including phenoxy) is 2. The number of rotatable bonds is 5. The summed E-state index contributed by atoms with van der Waals surface area (Å²) in [7, 11) is 3.32. The van der Waals surface area contributed by atoms with Gasteiger partial charge in [-0.15, -0.1) is 0 Å². The predicted octanol–water partition coefficient (Wildman–Crippen LogP) is 2.56. The summed E-state index contributed by atoms with van der Waals surface area (Å²) in [6.45, 7) is 6.86. The fourth-order valence-corrected chi connectivity index (χ4v) is 5.26. The Balaban J connectivity index is 1.78. The molecule has 0 bridgehead atoms. The van der Waals surface area contributed by atoms with E-state index >= 15 is 0 Å². The number of aromatic nitrogens is 4. The zero-order valence-corrected chi connectivity index (χ0v) is 22.2. The quantitative estimate of drug-likeness (QED) is 0.174. The Kier molecular flexibility index (Phi) is 5.93. The molecule has 3 heterocycles. The molecule has 1 aliphatic rings.